The topological polar surface area (TPSA) is 79.2 Å². The monoisotopic (exact) mass is 308 g/mol. The maximum absolute atomic E-state index is 11.8. The molecule has 0 unspecified atom stereocenters. The zero-order valence-corrected chi connectivity index (χ0v) is 12.3. The van der Waals surface area contributed by atoms with Crippen LogP contribution in [0.1, 0.15) is 17.9 Å². The first-order chi connectivity index (χ1) is 9.65. The van der Waals surface area contributed by atoms with Gasteiger partial charge in [0.25, 0.3) is 0 Å². The van der Waals surface area contributed by atoms with Crippen LogP contribution < -0.4 is 5.32 Å². The zero-order chi connectivity index (χ0) is 14.5. The molecule has 0 aliphatic carbocycles. The second kappa shape index (κ2) is 6.59. The summed E-state index contributed by atoms with van der Waals surface area (Å²) in [4.78, 5) is 23.0. The van der Waals surface area contributed by atoms with Crippen molar-refractivity contribution in [1.29, 1.82) is 5.26 Å². The maximum atomic E-state index is 11.8. The van der Waals surface area contributed by atoms with Crippen molar-refractivity contribution in [2.24, 2.45) is 0 Å². The number of carbonyl (C=O) groups is 2. The number of allylic oxidation sites excluding steroid dienone is 1. The van der Waals surface area contributed by atoms with Gasteiger partial charge in [-0.05, 0) is 22.4 Å². The van der Waals surface area contributed by atoms with E-state index in [1.54, 1.807) is 0 Å². The van der Waals surface area contributed by atoms with Gasteiger partial charge in [0.05, 0.1) is 29.5 Å². The van der Waals surface area contributed by atoms with E-state index in [-0.39, 0.29) is 24.0 Å². The number of nitriles is 1. The van der Waals surface area contributed by atoms with Crippen LogP contribution in [0.3, 0.4) is 0 Å². The molecule has 0 saturated heterocycles. The van der Waals surface area contributed by atoms with Gasteiger partial charge in [-0.3, -0.25) is 9.59 Å². The Hall–Kier alpha value is -1.78. The van der Waals surface area contributed by atoms with Gasteiger partial charge >= 0.3 is 5.97 Å². The highest BCUT2D eigenvalue weighted by Crippen LogP contribution is 2.36. The third kappa shape index (κ3) is 3.21. The van der Waals surface area contributed by atoms with E-state index in [2.05, 4.69) is 16.1 Å². The van der Waals surface area contributed by atoms with E-state index in [1.165, 1.54) is 18.4 Å². The predicted octanol–water partition coefficient (Wildman–Crippen LogP) is 1.99. The Morgan fingerprint density at radius 2 is 2.50 bits per heavy atom. The van der Waals surface area contributed by atoms with Crippen LogP contribution >= 0.6 is 23.1 Å². The lowest BCUT2D eigenvalue weighted by atomic mass is 9.89. The Morgan fingerprint density at radius 1 is 1.70 bits per heavy atom. The number of amides is 1. The number of carbonyl (C=O) groups excluding carboxylic acids is 2. The number of thioether (sulfide) groups is 1. The summed E-state index contributed by atoms with van der Waals surface area (Å²) in [5, 5.41) is 16.3. The highest BCUT2D eigenvalue weighted by Gasteiger charge is 2.30. The largest absolute Gasteiger partial charge is 0.468 e. The summed E-state index contributed by atoms with van der Waals surface area (Å²) in [5.74, 6) is -0.715. The summed E-state index contributed by atoms with van der Waals surface area (Å²) in [6, 6.07) is 4.06. The molecular weight excluding hydrogens is 296 g/mol. The minimum absolute atomic E-state index is 0.0631. The molecule has 1 amide bonds. The Morgan fingerprint density at radius 3 is 3.10 bits per heavy atom. The van der Waals surface area contributed by atoms with Crippen LogP contribution in [0.15, 0.2) is 27.4 Å². The Labute approximate surface area is 124 Å². The summed E-state index contributed by atoms with van der Waals surface area (Å²) in [6.45, 7) is 0. The summed E-state index contributed by atoms with van der Waals surface area (Å²) < 4.78 is 4.56. The third-order valence-electron chi connectivity index (χ3n) is 2.86. The summed E-state index contributed by atoms with van der Waals surface area (Å²) in [7, 11) is 1.30. The van der Waals surface area contributed by atoms with Gasteiger partial charge in [-0.1, -0.05) is 11.8 Å². The molecule has 20 heavy (non-hydrogen) atoms. The lowest BCUT2D eigenvalue weighted by Gasteiger charge is -2.24. The summed E-state index contributed by atoms with van der Waals surface area (Å²) in [6.07, 6.45) is 0.252. The lowest BCUT2D eigenvalue weighted by Crippen LogP contribution is -2.31. The quantitative estimate of drug-likeness (QED) is 0.861. The number of hydrogen-bond acceptors (Lipinski definition) is 6. The van der Waals surface area contributed by atoms with Crippen molar-refractivity contribution in [2.75, 3.05) is 12.9 Å². The molecule has 2 rings (SSSR count). The van der Waals surface area contributed by atoms with E-state index in [1.807, 2.05) is 16.8 Å². The average molecular weight is 308 g/mol. The third-order valence-corrected chi connectivity index (χ3v) is 4.56. The summed E-state index contributed by atoms with van der Waals surface area (Å²) >= 11 is 2.65. The first kappa shape index (κ1) is 14.6. The van der Waals surface area contributed by atoms with E-state index in [0.29, 0.717) is 10.6 Å². The van der Waals surface area contributed by atoms with Crippen molar-refractivity contribution in [2.45, 2.75) is 12.3 Å². The molecule has 1 aromatic heterocycles. The van der Waals surface area contributed by atoms with Crippen LogP contribution in [0.2, 0.25) is 0 Å². The van der Waals surface area contributed by atoms with Gasteiger partial charge in [0.15, 0.2) is 0 Å². The molecule has 104 valence electrons. The number of nitrogens with zero attached hydrogens (tertiary/aromatic N) is 1. The smallest absolute Gasteiger partial charge is 0.316 e. The molecule has 1 aliphatic rings. The molecule has 2 heterocycles. The summed E-state index contributed by atoms with van der Waals surface area (Å²) in [5.41, 5.74) is 1.45. The SMILES string of the molecule is COC(=O)CSC1=C(C#N)[C@@H](c2ccsc2)CC(=O)N1. The molecule has 5 nitrogen and oxygen atoms in total. The highest BCUT2D eigenvalue weighted by atomic mass is 32.2. The van der Waals surface area contributed by atoms with E-state index in [4.69, 9.17) is 0 Å². The normalized spacial score (nSPS) is 18.4. The van der Waals surface area contributed by atoms with E-state index in [0.717, 1.165) is 17.3 Å². The highest BCUT2D eigenvalue weighted by molar-refractivity contribution is 8.03. The Kier molecular flexibility index (Phi) is 4.82. The van der Waals surface area contributed by atoms with Gasteiger partial charge in [-0.15, -0.1) is 0 Å². The fourth-order valence-corrected chi connectivity index (χ4v) is 3.50. The average Bonchev–Trinajstić information content (AvgIpc) is 2.98. The van der Waals surface area contributed by atoms with Crippen molar-refractivity contribution in [3.8, 4) is 6.07 Å². The first-order valence-electron chi connectivity index (χ1n) is 5.81. The molecule has 1 atom stereocenters. The minimum atomic E-state index is -0.397. The molecule has 7 heteroatoms. The number of nitrogens with one attached hydrogen (secondary N) is 1. The van der Waals surface area contributed by atoms with E-state index >= 15 is 0 Å². The lowest BCUT2D eigenvalue weighted by molar-refractivity contribution is -0.137. The molecule has 0 radical (unpaired) electrons. The van der Waals surface area contributed by atoms with Crippen LogP contribution in [0.25, 0.3) is 0 Å². The molecule has 0 spiro atoms. The zero-order valence-electron chi connectivity index (χ0n) is 10.7. The fourth-order valence-electron chi connectivity index (χ4n) is 1.88. The van der Waals surface area contributed by atoms with Gasteiger partial charge in [0, 0.05) is 12.3 Å². The number of hydrogen-bond donors (Lipinski definition) is 1. The number of esters is 1. The van der Waals surface area contributed by atoms with Gasteiger partial charge in [-0.2, -0.15) is 16.6 Å². The Bertz CT molecular complexity index is 587. The van der Waals surface area contributed by atoms with Gasteiger partial charge in [0.2, 0.25) is 5.91 Å². The molecule has 0 bridgehead atoms. The minimum Gasteiger partial charge on any atom is -0.468 e. The van der Waals surface area contributed by atoms with Gasteiger partial charge in [-0.25, -0.2) is 0 Å². The van der Waals surface area contributed by atoms with E-state index < -0.39 is 5.97 Å². The maximum Gasteiger partial charge on any atom is 0.316 e. The van der Waals surface area contributed by atoms with Crippen LogP contribution in [0.5, 0.6) is 0 Å². The molecule has 0 saturated carbocycles. The molecule has 0 fully saturated rings. The number of ether oxygens (including phenoxy) is 1. The van der Waals surface area contributed by atoms with Crippen molar-refractivity contribution >= 4 is 35.0 Å². The second-order valence-corrected chi connectivity index (χ2v) is 5.85. The van der Waals surface area contributed by atoms with Gasteiger partial charge < -0.3 is 10.1 Å². The van der Waals surface area contributed by atoms with Crippen LogP contribution in [0, 0.1) is 11.3 Å². The molecular formula is C13H12N2O3S2. The molecule has 1 N–H and O–H groups in total. The number of rotatable bonds is 4. The predicted molar refractivity (Wildman–Crippen MR) is 76.9 cm³/mol. The van der Waals surface area contributed by atoms with Crippen molar-refractivity contribution < 1.29 is 14.3 Å². The van der Waals surface area contributed by atoms with Crippen molar-refractivity contribution in [3.63, 3.8) is 0 Å². The van der Waals surface area contributed by atoms with Crippen LogP contribution in [0.4, 0.5) is 0 Å². The second-order valence-electron chi connectivity index (χ2n) is 4.08. The standard InChI is InChI=1S/C13H12N2O3S2/c1-18-12(17)7-20-13-10(5-14)9(4-11(16)15-13)8-2-3-19-6-8/h2-3,6,9H,4,7H2,1H3,(H,15,16)/t9-/m1/s1. The van der Waals surface area contributed by atoms with E-state index in [9.17, 15) is 14.9 Å². The van der Waals surface area contributed by atoms with Gasteiger partial charge in [0.1, 0.15) is 0 Å². The Balaban J connectivity index is 2.27. The first-order valence-corrected chi connectivity index (χ1v) is 7.74. The molecule has 0 aromatic carbocycles. The number of thiophene rings is 1. The number of methoxy groups -OCH3 is 1. The fraction of sp³-hybridized carbons (Fsp3) is 0.308. The molecule has 1 aromatic rings. The van der Waals surface area contributed by atoms with Crippen LogP contribution in [-0.4, -0.2) is 24.7 Å². The van der Waals surface area contributed by atoms with Crippen molar-refractivity contribution in [3.05, 3.63) is 33.0 Å². The van der Waals surface area contributed by atoms with Crippen LogP contribution in [-0.2, 0) is 14.3 Å². The van der Waals surface area contributed by atoms with Crippen molar-refractivity contribution in [1.82, 2.24) is 5.32 Å². The molecule has 1 aliphatic heterocycles.